The summed E-state index contributed by atoms with van der Waals surface area (Å²) in [5, 5.41) is 3.50. The zero-order valence-corrected chi connectivity index (χ0v) is 12.8. The normalized spacial score (nSPS) is 24.9. The molecule has 1 heterocycles. The Bertz CT molecular complexity index is 276. The molecule has 0 aromatic rings. The number of nitrogens with one attached hydrogen (secondary N) is 1. The first-order valence-electron chi connectivity index (χ1n) is 7.51. The quantitative estimate of drug-likeness (QED) is 0.757. The van der Waals surface area contributed by atoms with Crippen molar-refractivity contribution in [1.29, 1.82) is 0 Å². The van der Waals surface area contributed by atoms with Gasteiger partial charge in [-0.25, -0.2) is 0 Å². The van der Waals surface area contributed by atoms with E-state index >= 15 is 0 Å². The van der Waals surface area contributed by atoms with Crippen molar-refractivity contribution in [2.24, 2.45) is 5.41 Å². The van der Waals surface area contributed by atoms with E-state index in [-0.39, 0.29) is 17.6 Å². The predicted molar refractivity (Wildman–Crippen MR) is 76.3 cm³/mol. The van der Waals surface area contributed by atoms with Gasteiger partial charge in [0, 0.05) is 6.54 Å². The molecule has 106 valence electrons. The number of hydrogen-bond acceptors (Lipinski definition) is 2. The zero-order chi connectivity index (χ0) is 13.8. The maximum absolute atomic E-state index is 12.4. The number of nitrogens with zero attached hydrogens (tertiary/aromatic N) is 1. The molecule has 1 N–H and O–H groups in total. The third-order valence-corrected chi connectivity index (χ3v) is 4.14. The molecule has 0 saturated carbocycles. The Hall–Kier alpha value is -0.570. The lowest BCUT2D eigenvalue weighted by Gasteiger charge is -2.32. The number of unbranched alkanes of at least 4 members (excludes halogenated alkanes) is 1. The minimum Gasteiger partial charge on any atom is -0.325 e. The summed E-state index contributed by atoms with van der Waals surface area (Å²) in [6.07, 6.45) is 5.61. The van der Waals surface area contributed by atoms with Gasteiger partial charge in [-0.05, 0) is 24.7 Å². The third kappa shape index (κ3) is 3.71. The third-order valence-electron chi connectivity index (χ3n) is 4.14. The first-order chi connectivity index (χ1) is 8.45. The summed E-state index contributed by atoms with van der Waals surface area (Å²) < 4.78 is 0. The van der Waals surface area contributed by atoms with E-state index in [1.165, 1.54) is 0 Å². The van der Waals surface area contributed by atoms with Crippen molar-refractivity contribution in [3.05, 3.63) is 0 Å². The van der Waals surface area contributed by atoms with Gasteiger partial charge in [0.1, 0.15) is 0 Å². The maximum Gasteiger partial charge on any atom is 0.241 e. The monoisotopic (exact) mass is 254 g/mol. The molecule has 0 aliphatic carbocycles. The van der Waals surface area contributed by atoms with Crippen molar-refractivity contribution in [1.82, 2.24) is 10.2 Å². The molecule has 1 aliphatic heterocycles. The molecular weight excluding hydrogens is 224 g/mol. The Morgan fingerprint density at radius 2 is 1.94 bits per heavy atom. The minimum atomic E-state index is 0.0579. The molecular formula is C15H30N2O. The van der Waals surface area contributed by atoms with E-state index in [2.05, 4.69) is 44.8 Å². The highest BCUT2D eigenvalue weighted by molar-refractivity contribution is 5.84. The van der Waals surface area contributed by atoms with Crippen LogP contribution in [0.15, 0.2) is 0 Å². The van der Waals surface area contributed by atoms with E-state index in [4.69, 9.17) is 0 Å². The summed E-state index contributed by atoms with van der Waals surface area (Å²) in [6, 6.07) is 0.0579. The molecule has 0 aromatic heterocycles. The van der Waals surface area contributed by atoms with Gasteiger partial charge in [0.05, 0.1) is 12.2 Å². The SMILES string of the molecule is CCCCC1NC(CC)N(CC(C)(C)CC)C1=O. The molecule has 18 heavy (non-hydrogen) atoms. The molecule has 1 amide bonds. The fourth-order valence-electron chi connectivity index (χ4n) is 2.46. The van der Waals surface area contributed by atoms with Gasteiger partial charge in [0.2, 0.25) is 5.91 Å². The van der Waals surface area contributed by atoms with E-state index in [0.717, 1.165) is 38.6 Å². The Kier molecular flexibility index (Phi) is 5.64. The first-order valence-corrected chi connectivity index (χ1v) is 7.51. The zero-order valence-electron chi connectivity index (χ0n) is 12.8. The molecule has 0 spiro atoms. The number of carbonyl (C=O) groups is 1. The second kappa shape index (κ2) is 6.55. The number of hydrogen-bond donors (Lipinski definition) is 1. The topological polar surface area (TPSA) is 32.3 Å². The van der Waals surface area contributed by atoms with Crippen molar-refractivity contribution in [2.75, 3.05) is 6.54 Å². The van der Waals surface area contributed by atoms with Crippen LogP contribution in [0.4, 0.5) is 0 Å². The average Bonchev–Trinajstić information content (AvgIpc) is 2.64. The minimum absolute atomic E-state index is 0.0579. The summed E-state index contributed by atoms with van der Waals surface area (Å²) in [6.45, 7) is 11.9. The highest BCUT2D eigenvalue weighted by Gasteiger charge is 2.39. The van der Waals surface area contributed by atoms with Crippen LogP contribution in [0, 0.1) is 5.41 Å². The Labute approximate surface area is 112 Å². The van der Waals surface area contributed by atoms with Gasteiger partial charge in [0.25, 0.3) is 0 Å². The smallest absolute Gasteiger partial charge is 0.241 e. The second-order valence-electron chi connectivity index (χ2n) is 6.27. The lowest BCUT2D eigenvalue weighted by atomic mass is 9.89. The predicted octanol–water partition coefficient (Wildman–Crippen LogP) is 3.15. The fraction of sp³-hybridized carbons (Fsp3) is 0.933. The highest BCUT2D eigenvalue weighted by Crippen LogP contribution is 2.26. The summed E-state index contributed by atoms with van der Waals surface area (Å²) >= 11 is 0. The summed E-state index contributed by atoms with van der Waals surface area (Å²) in [5.41, 5.74) is 0.213. The Balaban J connectivity index is 2.67. The van der Waals surface area contributed by atoms with Crippen molar-refractivity contribution >= 4 is 5.91 Å². The Morgan fingerprint density at radius 1 is 1.28 bits per heavy atom. The van der Waals surface area contributed by atoms with E-state index in [0.29, 0.717) is 5.91 Å². The van der Waals surface area contributed by atoms with Crippen LogP contribution in [0.1, 0.15) is 66.7 Å². The summed E-state index contributed by atoms with van der Waals surface area (Å²) in [4.78, 5) is 14.5. The number of rotatable bonds is 7. The molecule has 3 nitrogen and oxygen atoms in total. The van der Waals surface area contributed by atoms with Crippen LogP contribution < -0.4 is 5.32 Å². The fourth-order valence-corrected chi connectivity index (χ4v) is 2.46. The molecule has 2 unspecified atom stereocenters. The van der Waals surface area contributed by atoms with E-state index < -0.39 is 0 Å². The van der Waals surface area contributed by atoms with Crippen LogP contribution >= 0.6 is 0 Å². The summed E-state index contributed by atoms with van der Waals surface area (Å²) in [5.74, 6) is 0.317. The van der Waals surface area contributed by atoms with Gasteiger partial charge in [-0.15, -0.1) is 0 Å². The molecule has 0 bridgehead atoms. The molecule has 3 heteroatoms. The van der Waals surface area contributed by atoms with E-state index in [1.807, 2.05) is 0 Å². The lowest BCUT2D eigenvalue weighted by molar-refractivity contribution is -0.131. The van der Waals surface area contributed by atoms with Gasteiger partial charge in [-0.3, -0.25) is 10.1 Å². The molecule has 0 aromatic carbocycles. The van der Waals surface area contributed by atoms with Crippen molar-refractivity contribution < 1.29 is 4.79 Å². The van der Waals surface area contributed by atoms with E-state index in [1.54, 1.807) is 0 Å². The standard InChI is InChI=1S/C15H30N2O/c1-6-9-10-12-14(18)17(13(7-2)16-12)11-15(4,5)8-3/h12-13,16H,6-11H2,1-5H3. The van der Waals surface area contributed by atoms with Crippen LogP contribution in [-0.4, -0.2) is 29.6 Å². The van der Waals surface area contributed by atoms with Gasteiger partial charge < -0.3 is 4.90 Å². The van der Waals surface area contributed by atoms with Crippen LogP contribution in [-0.2, 0) is 4.79 Å². The van der Waals surface area contributed by atoms with Crippen molar-refractivity contribution in [3.8, 4) is 0 Å². The Morgan fingerprint density at radius 3 is 2.44 bits per heavy atom. The van der Waals surface area contributed by atoms with E-state index in [9.17, 15) is 4.79 Å². The van der Waals surface area contributed by atoms with Crippen LogP contribution in [0.2, 0.25) is 0 Å². The molecule has 1 aliphatic rings. The van der Waals surface area contributed by atoms with Crippen LogP contribution in [0.5, 0.6) is 0 Å². The highest BCUT2D eigenvalue weighted by atomic mass is 16.2. The number of carbonyl (C=O) groups excluding carboxylic acids is 1. The molecule has 0 radical (unpaired) electrons. The van der Waals surface area contributed by atoms with Crippen molar-refractivity contribution in [3.63, 3.8) is 0 Å². The first kappa shape index (κ1) is 15.5. The molecule has 2 atom stereocenters. The van der Waals surface area contributed by atoms with Gasteiger partial charge >= 0.3 is 0 Å². The van der Waals surface area contributed by atoms with Crippen LogP contribution in [0.3, 0.4) is 0 Å². The molecule has 1 rings (SSSR count). The lowest BCUT2D eigenvalue weighted by Crippen LogP contribution is -2.42. The largest absolute Gasteiger partial charge is 0.325 e. The second-order valence-corrected chi connectivity index (χ2v) is 6.27. The van der Waals surface area contributed by atoms with Gasteiger partial charge in [-0.1, -0.05) is 47.5 Å². The molecule has 1 fully saturated rings. The van der Waals surface area contributed by atoms with Crippen LogP contribution in [0.25, 0.3) is 0 Å². The maximum atomic E-state index is 12.4. The number of amides is 1. The average molecular weight is 254 g/mol. The van der Waals surface area contributed by atoms with Crippen molar-refractivity contribution in [2.45, 2.75) is 78.9 Å². The summed E-state index contributed by atoms with van der Waals surface area (Å²) in [7, 11) is 0. The van der Waals surface area contributed by atoms with Gasteiger partial charge in [0.15, 0.2) is 0 Å². The van der Waals surface area contributed by atoms with Gasteiger partial charge in [-0.2, -0.15) is 0 Å². The molecule has 1 saturated heterocycles.